The first-order valence-electron chi connectivity index (χ1n) is 12.7. The molecule has 0 spiro atoms. The van der Waals surface area contributed by atoms with Gasteiger partial charge in [-0.05, 0) is 115 Å². The predicted octanol–water partition coefficient (Wildman–Crippen LogP) is 7.95. The maximum absolute atomic E-state index is 2.56. The van der Waals surface area contributed by atoms with E-state index >= 15 is 0 Å². The normalized spacial score (nSPS) is 34.4. The molecule has 0 N–H and O–H groups in total. The van der Waals surface area contributed by atoms with Crippen molar-refractivity contribution in [2.75, 3.05) is 0 Å². The van der Waals surface area contributed by atoms with E-state index in [4.69, 9.17) is 0 Å². The largest absolute Gasteiger partial charge is 0.0621 e. The maximum atomic E-state index is 2.56. The van der Waals surface area contributed by atoms with Crippen molar-refractivity contribution in [3.8, 4) is 11.1 Å². The van der Waals surface area contributed by atoms with Crippen LogP contribution in [0.25, 0.3) is 17.2 Å². The van der Waals surface area contributed by atoms with Crippen molar-refractivity contribution in [1.82, 2.24) is 0 Å². The standard InChI is InChI=1S/C30H34/c1-2-5-23(4-1)26-15-25-6-3-7-28(29(25)16-26)24-8-10-27(11-9-24)30-17-20-12-21(18-30)14-22(13-20)19-30/h3,6-11,16,20-23H,1-2,4-5,12-15,17-19H2. The van der Waals surface area contributed by atoms with Crippen LogP contribution in [0.2, 0.25) is 0 Å². The summed E-state index contributed by atoms with van der Waals surface area (Å²) >= 11 is 0. The summed E-state index contributed by atoms with van der Waals surface area (Å²) in [4.78, 5) is 0. The smallest absolute Gasteiger partial charge is 0.00391 e. The Morgan fingerprint density at radius 1 is 0.733 bits per heavy atom. The topological polar surface area (TPSA) is 0 Å². The molecule has 30 heavy (non-hydrogen) atoms. The molecule has 0 aliphatic heterocycles. The Kier molecular flexibility index (Phi) is 3.91. The minimum absolute atomic E-state index is 0.515. The predicted molar refractivity (Wildman–Crippen MR) is 125 cm³/mol. The van der Waals surface area contributed by atoms with Gasteiger partial charge in [-0.3, -0.25) is 0 Å². The third-order valence-electron chi connectivity index (χ3n) is 9.65. The van der Waals surface area contributed by atoms with Crippen LogP contribution in [0.5, 0.6) is 0 Å². The second-order valence-electron chi connectivity index (χ2n) is 11.5. The molecule has 0 radical (unpaired) electrons. The van der Waals surface area contributed by atoms with Gasteiger partial charge in [0.25, 0.3) is 0 Å². The van der Waals surface area contributed by atoms with E-state index in [1.54, 1.807) is 16.7 Å². The Morgan fingerprint density at radius 3 is 2.07 bits per heavy atom. The van der Waals surface area contributed by atoms with E-state index in [0.717, 1.165) is 23.7 Å². The second-order valence-corrected chi connectivity index (χ2v) is 11.5. The van der Waals surface area contributed by atoms with Gasteiger partial charge in [0.1, 0.15) is 0 Å². The van der Waals surface area contributed by atoms with Crippen LogP contribution in [-0.2, 0) is 11.8 Å². The summed E-state index contributed by atoms with van der Waals surface area (Å²) in [6.45, 7) is 0. The number of hydrogen-bond acceptors (Lipinski definition) is 0. The van der Waals surface area contributed by atoms with Gasteiger partial charge >= 0.3 is 0 Å². The summed E-state index contributed by atoms with van der Waals surface area (Å²) in [7, 11) is 0. The van der Waals surface area contributed by atoms with Crippen molar-refractivity contribution < 1.29 is 0 Å². The molecule has 2 aromatic carbocycles. The minimum atomic E-state index is 0.515. The van der Waals surface area contributed by atoms with Crippen LogP contribution < -0.4 is 0 Å². The van der Waals surface area contributed by atoms with E-state index < -0.39 is 0 Å². The van der Waals surface area contributed by atoms with Crippen molar-refractivity contribution in [3.05, 3.63) is 64.7 Å². The number of hydrogen-bond donors (Lipinski definition) is 0. The molecular formula is C30H34. The van der Waals surface area contributed by atoms with Gasteiger partial charge < -0.3 is 0 Å². The summed E-state index contributed by atoms with van der Waals surface area (Å²) in [6.07, 6.45) is 18.4. The highest BCUT2D eigenvalue weighted by Gasteiger charge is 2.51. The fourth-order valence-corrected chi connectivity index (χ4v) is 8.67. The SMILES string of the molecule is C1=C(C2CCCC2)Cc2cccc(-c3ccc(C45CC6CC(CC(C6)C4)C5)cc3)c21. The van der Waals surface area contributed by atoms with E-state index in [-0.39, 0.29) is 0 Å². The molecule has 5 fully saturated rings. The number of rotatable bonds is 3. The molecule has 0 amide bonds. The molecular weight excluding hydrogens is 360 g/mol. The maximum Gasteiger partial charge on any atom is -0.00391 e. The Hall–Kier alpha value is -1.82. The van der Waals surface area contributed by atoms with Gasteiger partial charge in [-0.2, -0.15) is 0 Å². The molecule has 0 atom stereocenters. The zero-order valence-corrected chi connectivity index (χ0v) is 18.2. The second kappa shape index (κ2) is 6.59. The van der Waals surface area contributed by atoms with E-state index in [9.17, 15) is 0 Å². The van der Waals surface area contributed by atoms with E-state index in [2.05, 4.69) is 48.5 Å². The molecule has 0 aromatic heterocycles. The average Bonchev–Trinajstić information content (AvgIpc) is 3.42. The molecule has 154 valence electrons. The van der Waals surface area contributed by atoms with Crippen LogP contribution in [0.15, 0.2) is 48.0 Å². The molecule has 5 saturated carbocycles. The van der Waals surface area contributed by atoms with Gasteiger partial charge in [0, 0.05) is 0 Å². The van der Waals surface area contributed by atoms with Gasteiger partial charge in [0.2, 0.25) is 0 Å². The van der Waals surface area contributed by atoms with Gasteiger partial charge in [0.05, 0.1) is 0 Å². The van der Waals surface area contributed by atoms with Crippen LogP contribution in [0, 0.1) is 23.7 Å². The van der Waals surface area contributed by atoms with Gasteiger partial charge in [-0.1, -0.05) is 67.0 Å². The molecule has 0 heterocycles. The van der Waals surface area contributed by atoms with Crippen LogP contribution in [0.1, 0.15) is 80.9 Å². The van der Waals surface area contributed by atoms with Crippen molar-refractivity contribution >= 4 is 6.08 Å². The third kappa shape index (κ3) is 2.72. The van der Waals surface area contributed by atoms with Gasteiger partial charge in [-0.15, -0.1) is 0 Å². The van der Waals surface area contributed by atoms with E-state index in [0.29, 0.717) is 5.41 Å². The van der Waals surface area contributed by atoms with Crippen LogP contribution in [0.3, 0.4) is 0 Å². The molecule has 4 bridgehead atoms. The van der Waals surface area contributed by atoms with Gasteiger partial charge in [0.15, 0.2) is 0 Å². The average molecular weight is 395 g/mol. The Morgan fingerprint density at radius 2 is 1.40 bits per heavy atom. The molecule has 0 saturated heterocycles. The Balaban J connectivity index is 1.21. The quantitative estimate of drug-likeness (QED) is 0.495. The summed E-state index contributed by atoms with van der Waals surface area (Å²) in [5.41, 5.74) is 9.82. The molecule has 6 aliphatic carbocycles. The lowest BCUT2D eigenvalue weighted by atomic mass is 9.48. The van der Waals surface area contributed by atoms with E-state index in [1.165, 1.54) is 87.3 Å². The van der Waals surface area contributed by atoms with Crippen LogP contribution in [0.4, 0.5) is 0 Å². The summed E-state index contributed by atoms with van der Waals surface area (Å²) in [6, 6.07) is 16.9. The zero-order chi connectivity index (χ0) is 19.7. The lowest BCUT2D eigenvalue weighted by Gasteiger charge is -2.57. The van der Waals surface area contributed by atoms with Crippen LogP contribution >= 0.6 is 0 Å². The molecule has 0 heteroatoms. The van der Waals surface area contributed by atoms with Crippen molar-refractivity contribution in [2.24, 2.45) is 23.7 Å². The fraction of sp³-hybridized carbons (Fsp3) is 0.533. The molecule has 6 aliphatic rings. The highest BCUT2D eigenvalue weighted by molar-refractivity contribution is 5.81. The third-order valence-corrected chi connectivity index (χ3v) is 9.65. The van der Waals surface area contributed by atoms with Gasteiger partial charge in [-0.25, -0.2) is 0 Å². The molecule has 0 unspecified atom stereocenters. The highest BCUT2D eigenvalue weighted by atomic mass is 14.6. The molecule has 0 nitrogen and oxygen atoms in total. The summed E-state index contributed by atoms with van der Waals surface area (Å²) in [5.74, 6) is 3.91. The fourth-order valence-electron chi connectivity index (χ4n) is 8.67. The Labute approximate surface area is 181 Å². The highest BCUT2D eigenvalue weighted by Crippen LogP contribution is 2.60. The van der Waals surface area contributed by atoms with Crippen molar-refractivity contribution in [3.63, 3.8) is 0 Å². The lowest BCUT2D eigenvalue weighted by molar-refractivity contribution is -0.00518. The summed E-state index contributed by atoms with van der Waals surface area (Å²) < 4.78 is 0. The first-order chi connectivity index (χ1) is 14.8. The summed E-state index contributed by atoms with van der Waals surface area (Å²) in [5, 5.41) is 0. The van der Waals surface area contributed by atoms with E-state index in [1.807, 2.05) is 0 Å². The monoisotopic (exact) mass is 394 g/mol. The number of fused-ring (bicyclic) bond motifs is 1. The zero-order valence-electron chi connectivity index (χ0n) is 18.2. The number of allylic oxidation sites excluding steroid dienone is 1. The first kappa shape index (κ1) is 17.8. The first-order valence-corrected chi connectivity index (χ1v) is 12.7. The molecule has 8 rings (SSSR count). The number of benzene rings is 2. The van der Waals surface area contributed by atoms with Crippen molar-refractivity contribution in [1.29, 1.82) is 0 Å². The van der Waals surface area contributed by atoms with Crippen molar-refractivity contribution in [2.45, 2.75) is 76.0 Å². The minimum Gasteiger partial charge on any atom is -0.0621 e. The lowest BCUT2D eigenvalue weighted by Crippen LogP contribution is -2.48. The molecule has 2 aromatic rings. The van der Waals surface area contributed by atoms with Crippen LogP contribution in [-0.4, -0.2) is 0 Å². The Bertz CT molecular complexity index is 964.